The first-order valence-electron chi connectivity index (χ1n) is 9.88. The number of carbonyl (C=O) groups excluding carboxylic acids is 2. The van der Waals surface area contributed by atoms with Crippen LogP contribution in [0, 0.1) is 11.3 Å². The van der Waals surface area contributed by atoms with E-state index in [4.69, 9.17) is 0 Å². The lowest BCUT2D eigenvalue weighted by Crippen LogP contribution is -2.44. The highest BCUT2D eigenvalue weighted by Crippen LogP contribution is 2.44. The van der Waals surface area contributed by atoms with Gasteiger partial charge in [0.1, 0.15) is 12.9 Å². The third-order valence-corrected chi connectivity index (χ3v) is 5.89. The fourth-order valence-corrected chi connectivity index (χ4v) is 4.34. The highest BCUT2D eigenvalue weighted by molar-refractivity contribution is 5.94. The first-order chi connectivity index (χ1) is 13.7. The maximum Gasteiger partial charge on any atom is 0.248 e. The zero-order valence-corrected chi connectivity index (χ0v) is 17.1. The number of carbonyl (C=O) groups is 2. The van der Waals surface area contributed by atoms with E-state index < -0.39 is 0 Å². The number of fused-ring (bicyclic) bond motifs is 1. The van der Waals surface area contributed by atoms with E-state index in [1.54, 1.807) is 0 Å². The summed E-state index contributed by atoms with van der Waals surface area (Å²) in [5.74, 6) is 0.476. The van der Waals surface area contributed by atoms with Gasteiger partial charge in [0.25, 0.3) is 0 Å². The number of nitrogens with zero attached hydrogens (tertiary/aromatic N) is 3. The molecule has 3 N–H and O–H groups in total. The van der Waals surface area contributed by atoms with Gasteiger partial charge in [-0.15, -0.1) is 17.5 Å². The van der Waals surface area contributed by atoms with Crippen molar-refractivity contribution in [1.29, 1.82) is 0 Å². The van der Waals surface area contributed by atoms with Crippen molar-refractivity contribution in [1.82, 2.24) is 25.4 Å². The molecule has 29 heavy (non-hydrogen) atoms. The largest absolute Gasteiger partial charge is 0.350 e. The fraction of sp³-hybridized carbons (Fsp3) is 0.500. The van der Waals surface area contributed by atoms with Gasteiger partial charge in [-0.05, 0) is 30.9 Å². The molecule has 0 radical (unpaired) electrons. The zero-order chi connectivity index (χ0) is 19.4. The first-order valence-corrected chi connectivity index (χ1v) is 9.88. The van der Waals surface area contributed by atoms with Crippen LogP contribution in [0.5, 0.6) is 0 Å². The summed E-state index contributed by atoms with van der Waals surface area (Å²) in [6.07, 6.45) is 5.73. The highest BCUT2D eigenvalue weighted by Gasteiger charge is 2.50. The van der Waals surface area contributed by atoms with E-state index in [0.29, 0.717) is 19.0 Å². The van der Waals surface area contributed by atoms with Crippen LogP contribution in [0.15, 0.2) is 36.7 Å². The van der Waals surface area contributed by atoms with Crippen LogP contribution in [-0.4, -0.2) is 39.7 Å². The number of hydrogen-bond acceptors (Lipinski definition) is 5. The number of amides is 2. The first kappa shape index (κ1) is 21.3. The third-order valence-electron chi connectivity index (χ3n) is 5.89. The maximum absolute atomic E-state index is 12.9. The third kappa shape index (κ3) is 4.76. The molecule has 1 aliphatic heterocycles. The average molecular weight is 419 g/mol. The maximum atomic E-state index is 12.9. The van der Waals surface area contributed by atoms with Crippen LogP contribution in [0.2, 0.25) is 0 Å². The van der Waals surface area contributed by atoms with E-state index in [1.807, 2.05) is 30.3 Å². The molecule has 1 aromatic carbocycles. The SMILES string of the molecule is Cl.O=C(Cn1cnc(NC(=O)[C@@]23CCCC[C@H]2CNC3)n1)NCc1ccccc1. The summed E-state index contributed by atoms with van der Waals surface area (Å²) in [6, 6.07) is 9.72. The van der Waals surface area contributed by atoms with E-state index in [2.05, 4.69) is 26.0 Å². The summed E-state index contributed by atoms with van der Waals surface area (Å²) in [4.78, 5) is 29.2. The Morgan fingerprint density at radius 1 is 1.24 bits per heavy atom. The number of hydrogen-bond donors (Lipinski definition) is 3. The predicted octanol–water partition coefficient (Wildman–Crippen LogP) is 1.73. The Hall–Kier alpha value is -2.45. The number of aromatic nitrogens is 3. The van der Waals surface area contributed by atoms with Crippen LogP contribution < -0.4 is 16.0 Å². The molecule has 2 fully saturated rings. The zero-order valence-electron chi connectivity index (χ0n) is 16.3. The molecular formula is C20H27ClN6O2. The van der Waals surface area contributed by atoms with Crippen LogP contribution in [0.3, 0.4) is 0 Å². The number of nitrogens with one attached hydrogen (secondary N) is 3. The molecule has 2 aromatic rings. The van der Waals surface area contributed by atoms with E-state index >= 15 is 0 Å². The van der Waals surface area contributed by atoms with Crippen LogP contribution in [0.25, 0.3) is 0 Å². The second kappa shape index (κ2) is 9.37. The van der Waals surface area contributed by atoms with Crippen molar-refractivity contribution in [2.24, 2.45) is 11.3 Å². The molecule has 156 valence electrons. The fourth-order valence-electron chi connectivity index (χ4n) is 4.34. The Kier molecular flexibility index (Phi) is 6.87. The summed E-state index contributed by atoms with van der Waals surface area (Å²) in [5, 5.41) is 13.3. The minimum Gasteiger partial charge on any atom is -0.350 e. The lowest BCUT2D eigenvalue weighted by molar-refractivity contribution is -0.128. The summed E-state index contributed by atoms with van der Waals surface area (Å²) < 4.78 is 1.44. The van der Waals surface area contributed by atoms with Gasteiger partial charge in [0, 0.05) is 13.1 Å². The molecule has 1 saturated heterocycles. The predicted molar refractivity (Wildman–Crippen MR) is 111 cm³/mol. The van der Waals surface area contributed by atoms with Crippen LogP contribution in [0.1, 0.15) is 31.2 Å². The molecule has 2 amide bonds. The van der Waals surface area contributed by atoms with E-state index in [1.165, 1.54) is 17.4 Å². The molecule has 0 spiro atoms. The van der Waals surface area contributed by atoms with Gasteiger partial charge in [-0.2, -0.15) is 0 Å². The Morgan fingerprint density at radius 2 is 2.07 bits per heavy atom. The second-order valence-electron chi connectivity index (χ2n) is 7.71. The molecule has 1 aliphatic carbocycles. The molecule has 1 aromatic heterocycles. The molecule has 2 aliphatic rings. The average Bonchev–Trinajstić information content (AvgIpc) is 3.34. The lowest BCUT2D eigenvalue weighted by atomic mass is 9.67. The topological polar surface area (TPSA) is 101 Å². The van der Waals surface area contributed by atoms with Crippen molar-refractivity contribution in [3.05, 3.63) is 42.2 Å². The highest BCUT2D eigenvalue weighted by atomic mass is 35.5. The van der Waals surface area contributed by atoms with Gasteiger partial charge in [0.2, 0.25) is 17.8 Å². The van der Waals surface area contributed by atoms with Crippen molar-refractivity contribution < 1.29 is 9.59 Å². The van der Waals surface area contributed by atoms with Crippen LogP contribution >= 0.6 is 12.4 Å². The molecule has 2 heterocycles. The molecule has 4 rings (SSSR count). The lowest BCUT2D eigenvalue weighted by Gasteiger charge is -2.36. The van der Waals surface area contributed by atoms with Gasteiger partial charge in [-0.3, -0.25) is 14.9 Å². The molecular weight excluding hydrogens is 392 g/mol. The number of rotatable bonds is 6. The van der Waals surface area contributed by atoms with Crippen molar-refractivity contribution >= 4 is 30.2 Å². The minimum absolute atomic E-state index is 0. The number of halogens is 1. The number of benzene rings is 1. The number of anilines is 1. The molecule has 0 unspecified atom stereocenters. The van der Waals surface area contributed by atoms with E-state index in [-0.39, 0.29) is 42.1 Å². The van der Waals surface area contributed by atoms with E-state index in [0.717, 1.165) is 31.4 Å². The molecule has 1 saturated carbocycles. The van der Waals surface area contributed by atoms with Crippen molar-refractivity contribution in [3.63, 3.8) is 0 Å². The molecule has 9 heteroatoms. The monoisotopic (exact) mass is 418 g/mol. The van der Waals surface area contributed by atoms with Crippen LogP contribution in [0.4, 0.5) is 5.95 Å². The Balaban J connectivity index is 0.00000240. The van der Waals surface area contributed by atoms with E-state index in [9.17, 15) is 9.59 Å². The Labute approximate surface area is 176 Å². The van der Waals surface area contributed by atoms with Gasteiger partial charge >= 0.3 is 0 Å². The quantitative estimate of drug-likeness (QED) is 0.663. The summed E-state index contributed by atoms with van der Waals surface area (Å²) >= 11 is 0. The smallest absolute Gasteiger partial charge is 0.248 e. The van der Waals surface area contributed by atoms with Crippen molar-refractivity contribution in [2.45, 2.75) is 38.8 Å². The van der Waals surface area contributed by atoms with Crippen LogP contribution in [-0.2, 0) is 22.7 Å². The van der Waals surface area contributed by atoms with Gasteiger partial charge < -0.3 is 10.6 Å². The van der Waals surface area contributed by atoms with Gasteiger partial charge in [0.15, 0.2) is 0 Å². The Morgan fingerprint density at radius 3 is 2.90 bits per heavy atom. The summed E-state index contributed by atoms with van der Waals surface area (Å²) in [6.45, 7) is 2.14. The van der Waals surface area contributed by atoms with Gasteiger partial charge in [0.05, 0.1) is 5.41 Å². The summed E-state index contributed by atoms with van der Waals surface area (Å²) in [7, 11) is 0. The molecule has 2 atom stereocenters. The normalized spacial score (nSPS) is 23.0. The molecule has 0 bridgehead atoms. The summed E-state index contributed by atoms with van der Waals surface area (Å²) in [5.41, 5.74) is 0.686. The van der Waals surface area contributed by atoms with Gasteiger partial charge in [-0.25, -0.2) is 9.67 Å². The second-order valence-corrected chi connectivity index (χ2v) is 7.71. The Bertz CT molecular complexity index is 843. The standard InChI is InChI=1S/C20H26N6O2.ClH/c27-17(22-10-15-6-2-1-3-7-15)12-26-14-23-19(25-26)24-18(28)20-9-5-4-8-16(20)11-21-13-20;/h1-3,6-7,14,16,21H,4-5,8-13H2,(H,22,27)(H,24,25,28);1H/t16-,20+;/m0./s1. The van der Waals surface area contributed by atoms with Crippen molar-refractivity contribution in [3.8, 4) is 0 Å². The minimum atomic E-state index is -0.350. The van der Waals surface area contributed by atoms with Crippen molar-refractivity contribution in [2.75, 3.05) is 18.4 Å². The molecule has 8 nitrogen and oxygen atoms in total. The van der Waals surface area contributed by atoms with Gasteiger partial charge in [-0.1, -0.05) is 43.2 Å².